The van der Waals surface area contributed by atoms with Crippen molar-refractivity contribution in [3.63, 3.8) is 0 Å². The van der Waals surface area contributed by atoms with Gasteiger partial charge in [-0.3, -0.25) is 0 Å². The maximum atomic E-state index is 13.0. The van der Waals surface area contributed by atoms with E-state index in [1.165, 1.54) is 0 Å². The molecule has 1 aliphatic rings. The highest BCUT2D eigenvalue weighted by Crippen LogP contribution is 2.31. The van der Waals surface area contributed by atoms with Gasteiger partial charge in [0.25, 0.3) is 0 Å². The second-order valence-electron chi connectivity index (χ2n) is 8.78. The van der Waals surface area contributed by atoms with Crippen molar-refractivity contribution in [2.45, 2.75) is 24.7 Å². The highest BCUT2D eigenvalue weighted by atomic mass is 79.9. The molecule has 0 amide bonds. The lowest BCUT2D eigenvalue weighted by molar-refractivity contribution is 0.282. The normalized spacial score (nSPS) is 15.5. The zero-order valence-corrected chi connectivity index (χ0v) is 22.3. The Morgan fingerprint density at radius 1 is 1.11 bits per heavy atom. The number of nitrogens with zero attached hydrogens (tertiary/aromatic N) is 4. The van der Waals surface area contributed by atoms with E-state index in [0.717, 1.165) is 40.0 Å². The van der Waals surface area contributed by atoms with Gasteiger partial charge in [-0.1, -0.05) is 47.5 Å². The summed E-state index contributed by atoms with van der Waals surface area (Å²) in [5, 5.41) is 8.60. The van der Waals surface area contributed by atoms with Crippen LogP contribution in [-0.2, 0) is 10.0 Å². The van der Waals surface area contributed by atoms with Gasteiger partial charge in [0.05, 0.1) is 21.3 Å². The molecule has 35 heavy (non-hydrogen) atoms. The van der Waals surface area contributed by atoms with E-state index in [-0.39, 0.29) is 0 Å². The first-order chi connectivity index (χ1) is 16.8. The van der Waals surface area contributed by atoms with Gasteiger partial charge in [0.15, 0.2) is 5.65 Å². The number of hydrogen-bond acceptors (Lipinski definition) is 5. The zero-order chi connectivity index (χ0) is 24.6. The minimum absolute atomic E-state index is 0.338. The van der Waals surface area contributed by atoms with Crippen LogP contribution in [0.4, 0.5) is 5.82 Å². The molecule has 0 aliphatic carbocycles. The molecule has 182 valence electrons. The van der Waals surface area contributed by atoms with Crippen molar-refractivity contribution in [3.8, 4) is 11.3 Å². The number of anilines is 1. The molecule has 2 aromatic carbocycles. The van der Waals surface area contributed by atoms with Gasteiger partial charge in [-0.2, -0.15) is 13.9 Å². The first-order valence-corrected chi connectivity index (χ1v) is 14.0. The second-order valence-corrected chi connectivity index (χ2v) is 12.0. The van der Waals surface area contributed by atoms with Gasteiger partial charge < -0.3 is 5.32 Å². The van der Waals surface area contributed by atoms with Crippen molar-refractivity contribution in [2.24, 2.45) is 5.92 Å². The molecule has 3 heterocycles. The first-order valence-electron chi connectivity index (χ1n) is 11.4. The van der Waals surface area contributed by atoms with E-state index in [2.05, 4.69) is 26.3 Å². The maximum Gasteiger partial charge on any atom is 0.243 e. The summed E-state index contributed by atoms with van der Waals surface area (Å²) >= 11 is 9.96. The fourth-order valence-electron chi connectivity index (χ4n) is 4.33. The van der Waals surface area contributed by atoms with Crippen molar-refractivity contribution in [3.05, 3.63) is 75.9 Å². The minimum Gasteiger partial charge on any atom is -0.370 e. The summed E-state index contributed by atoms with van der Waals surface area (Å²) in [6, 6.07) is 16.6. The lowest BCUT2D eigenvalue weighted by atomic mass is 9.98. The summed E-state index contributed by atoms with van der Waals surface area (Å²) in [5.41, 5.74) is 3.35. The standard InChI is InChI=1S/C25H25BrClN5O2S/c1-17-6-8-19(9-7-17)35(33,34)31-12-10-18(11-13-31)15-28-24-14-23(20-4-2-3-5-22(20)27)30-25-21(26)16-29-32(24)25/h2-9,14,16,18,28H,10-13,15H2,1H3. The average molecular weight is 575 g/mol. The predicted octanol–water partition coefficient (Wildman–Crippen LogP) is 5.63. The summed E-state index contributed by atoms with van der Waals surface area (Å²) in [6.07, 6.45) is 3.29. The van der Waals surface area contributed by atoms with Crippen LogP contribution in [0.5, 0.6) is 0 Å². The van der Waals surface area contributed by atoms with Crippen LogP contribution in [0.2, 0.25) is 5.02 Å². The SMILES string of the molecule is Cc1ccc(S(=O)(=O)N2CCC(CNc3cc(-c4ccccc4Cl)nc4c(Br)cnn34)CC2)cc1. The number of hydrogen-bond donors (Lipinski definition) is 1. The molecule has 0 radical (unpaired) electrons. The highest BCUT2D eigenvalue weighted by molar-refractivity contribution is 9.10. The minimum atomic E-state index is -3.46. The van der Waals surface area contributed by atoms with Crippen LogP contribution in [0.1, 0.15) is 18.4 Å². The summed E-state index contributed by atoms with van der Waals surface area (Å²) < 4.78 is 30.2. The molecule has 1 fully saturated rings. The molecule has 4 aromatic rings. The Bertz CT molecular complexity index is 1470. The van der Waals surface area contributed by atoms with Crippen LogP contribution in [-0.4, -0.2) is 47.0 Å². The fourth-order valence-corrected chi connectivity index (χ4v) is 6.38. The number of fused-ring (bicyclic) bond motifs is 1. The van der Waals surface area contributed by atoms with Crippen LogP contribution < -0.4 is 5.32 Å². The van der Waals surface area contributed by atoms with Gasteiger partial charge in [0.2, 0.25) is 10.0 Å². The van der Waals surface area contributed by atoms with E-state index in [1.54, 1.807) is 27.2 Å². The first kappa shape index (κ1) is 24.2. The van der Waals surface area contributed by atoms with Gasteiger partial charge in [-0.15, -0.1) is 0 Å². The number of aryl methyl sites for hydroxylation is 1. The van der Waals surface area contributed by atoms with E-state index in [4.69, 9.17) is 16.6 Å². The van der Waals surface area contributed by atoms with Crippen molar-refractivity contribution in [1.82, 2.24) is 18.9 Å². The van der Waals surface area contributed by atoms with Gasteiger partial charge in [0.1, 0.15) is 5.82 Å². The third kappa shape index (κ3) is 4.95. The number of rotatable bonds is 6. The molecule has 5 rings (SSSR count). The number of nitrogens with one attached hydrogen (secondary N) is 1. The zero-order valence-electron chi connectivity index (χ0n) is 19.2. The number of piperidine rings is 1. The Balaban J connectivity index is 1.30. The Hall–Kier alpha value is -2.46. The molecule has 0 atom stereocenters. The van der Waals surface area contributed by atoms with E-state index in [9.17, 15) is 8.42 Å². The Labute approximate surface area is 218 Å². The lowest BCUT2D eigenvalue weighted by Crippen LogP contribution is -2.39. The molecule has 0 bridgehead atoms. The van der Waals surface area contributed by atoms with Crippen LogP contribution in [0.3, 0.4) is 0 Å². The second kappa shape index (κ2) is 9.89. The average Bonchev–Trinajstić information content (AvgIpc) is 3.24. The molecule has 2 aromatic heterocycles. The summed E-state index contributed by atoms with van der Waals surface area (Å²) in [5.74, 6) is 1.15. The number of aromatic nitrogens is 3. The molecule has 10 heteroatoms. The quantitative estimate of drug-likeness (QED) is 0.323. The van der Waals surface area contributed by atoms with Crippen LogP contribution >= 0.6 is 27.5 Å². The Kier molecular flexibility index (Phi) is 6.85. The van der Waals surface area contributed by atoms with Crippen LogP contribution in [0.25, 0.3) is 16.9 Å². The van der Waals surface area contributed by atoms with Gasteiger partial charge in [-0.05, 0) is 59.8 Å². The van der Waals surface area contributed by atoms with E-state index in [1.807, 2.05) is 49.4 Å². The largest absolute Gasteiger partial charge is 0.370 e. The summed E-state index contributed by atoms with van der Waals surface area (Å²) in [4.78, 5) is 5.10. The topological polar surface area (TPSA) is 79.6 Å². The van der Waals surface area contributed by atoms with Crippen molar-refractivity contribution < 1.29 is 8.42 Å². The molecule has 0 unspecified atom stereocenters. The van der Waals surface area contributed by atoms with Crippen molar-refractivity contribution in [1.29, 1.82) is 0 Å². The van der Waals surface area contributed by atoms with E-state index < -0.39 is 10.0 Å². The predicted molar refractivity (Wildman–Crippen MR) is 142 cm³/mol. The Morgan fingerprint density at radius 2 is 1.83 bits per heavy atom. The molecule has 1 N–H and O–H groups in total. The monoisotopic (exact) mass is 573 g/mol. The molecule has 7 nitrogen and oxygen atoms in total. The lowest BCUT2D eigenvalue weighted by Gasteiger charge is -2.31. The summed E-state index contributed by atoms with van der Waals surface area (Å²) in [6.45, 7) is 3.67. The maximum absolute atomic E-state index is 13.0. The third-order valence-electron chi connectivity index (χ3n) is 6.38. The number of halogens is 2. The van der Waals surface area contributed by atoms with Gasteiger partial charge >= 0.3 is 0 Å². The van der Waals surface area contributed by atoms with Crippen LogP contribution in [0.15, 0.2) is 70.2 Å². The summed E-state index contributed by atoms with van der Waals surface area (Å²) in [7, 11) is -3.46. The fraction of sp³-hybridized carbons (Fsp3) is 0.280. The van der Waals surface area contributed by atoms with Crippen molar-refractivity contribution >= 4 is 49.0 Å². The smallest absolute Gasteiger partial charge is 0.243 e. The number of sulfonamides is 1. The molecule has 0 spiro atoms. The highest BCUT2D eigenvalue weighted by Gasteiger charge is 2.29. The van der Waals surface area contributed by atoms with Gasteiger partial charge in [0, 0.05) is 36.3 Å². The van der Waals surface area contributed by atoms with E-state index in [0.29, 0.717) is 41.1 Å². The molecule has 0 saturated carbocycles. The third-order valence-corrected chi connectivity index (χ3v) is 9.18. The Morgan fingerprint density at radius 3 is 2.54 bits per heavy atom. The molecular weight excluding hydrogens is 550 g/mol. The van der Waals surface area contributed by atoms with Crippen molar-refractivity contribution in [2.75, 3.05) is 25.0 Å². The van der Waals surface area contributed by atoms with Crippen LogP contribution in [0, 0.1) is 12.8 Å². The van der Waals surface area contributed by atoms with E-state index >= 15 is 0 Å². The molecular formula is C25H25BrClN5O2S. The number of benzene rings is 2. The van der Waals surface area contributed by atoms with Gasteiger partial charge in [-0.25, -0.2) is 13.4 Å². The molecule has 1 saturated heterocycles. The molecule has 1 aliphatic heterocycles.